The number of hydrogen-bond donors (Lipinski definition) is 2. The van der Waals surface area contributed by atoms with Crippen molar-refractivity contribution in [3.8, 4) is 11.5 Å². The monoisotopic (exact) mass is 501 g/mol. The van der Waals surface area contributed by atoms with Gasteiger partial charge >= 0.3 is 0 Å². The number of hydrogen-bond acceptors (Lipinski definition) is 5. The van der Waals surface area contributed by atoms with Crippen LogP contribution in [0.5, 0.6) is 11.5 Å². The SMILES string of the molecule is COc1ccc(CCNC(=O)C(=Cc2ccc(N(C)C)cc2)C(=O)NCCc2ccc(OC)cc2)cc1. The van der Waals surface area contributed by atoms with Gasteiger partial charge in [0.2, 0.25) is 0 Å². The lowest BCUT2D eigenvalue weighted by Crippen LogP contribution is -2.36. The Kier molecular flexibility index (Phi) is 10.1. The molecule has 0 spiro atoms. The van der Waals surface area contributed by atoms with Crippen molar-refractivity contribution in [2.75, 3.05) is 46.3 Å². The number of carbonyl (C=O) groups excluding carboxylic acids is 2. The van der Waals surface area contributed by atoms with E-state index in [2.05, 4.69) is 10.6 Å². The molecule has 0 saturated heterocycles. The Morgan fingerprint density at radius 3 is 1.51 bits per heavy atom. The molecule has 2 amide bonds. The Bertz CT molecular complexity index is 1120. The Balaban J connectivity index is 1.66. The molecule has 0 aromatic heterocycles. The van der Waals surface area contributed by atoms with E-state index in [1.165, 1.54) is 0 Å². The van der Waals surface area contributed by atoms with Crippen LogP contribution >= 0.6 is 0 Å². The van der Waals surface area contributed by atoms with Crippen LogP contribution in [-0.4, -0.2) is 53.2 Å². The summed E-state index contributed by atoms with van der Waals surface area (Å²) in [4.78, 5) is 28.1. The molecule has 37 heavy (non-hydrogen) atoms. The zero-order chi connectivity index (χ0) is 26.6. The quantitative estimate of drug-likeness (QED) is 0.224. The summed E-state index contributed by atoms with van der Waals surface area (Å²) in [5, 5.41) is 5.78. The number of anilines is 1. The van der Waals surface area contributed by atoms with Gasteiger partial charge in [-0.25, -0.2) is 0 Å². The minimum atomic E-state index is -0.410. The first-order valence-corrected chi connectivity index (χ1v) is 12.2. The lowest BCUT2D eigenvalue weighted by atomic mass is 10.1. The van der Waals surface area contributed by atoms with Gasteiger partial charge in [-0.15, -0.1) is 0 Å². The third-order valence-corrected chi connectivity index (χ3v) is 5.93. The molecule has 0 radical (unpaired) electrons. The predicted octanol–water partition coefficient (Wildman–Crippen LogP) is 3.87. The summed E-state index contributed by atoms with van der Waals surface area (Å²) >= 11 is 0. The first kappa shape index (κ1) is 27.3. The number of benzene rings is 3. The second-order valence-corrected chi connectivity index (χ2v) is 8.75. The first-order chi connectivity index (χ1) is 17.9. The van der Waals surface area contributed by atoms with Crippen LogP contribution in [0.15, 0.2) is 78.4 Å². The number of ether oxygens (including phenoxy) is 2. The van der Waals surface area contributed by atoms with E-state index in [-0.39, 0.29) is 5.57 Å². The fraction of sp³-hybridized carbons (Fsp3) is 0.267. The normalized spacial score (nSPS) is 10.3. The molecule has 0 aliphatic heterocycles. The van der Waals surface area contributed by atoms with Crippen LogP contribution < -0.4 is 25.0 Å². The van der Waals surface area contributed by atoms with Crippen LogP contribution in [0.3, 0.4) is 0 Å². The van der Waals surface area contributed by atoms with Crippen molar-refractivity contribution >= 4 is 23.6 Å². The van der Waals surface area contributed by atoms with Crippen LogP contribution in [0.25, 0.3) is 6.08 Å². The third-order valence-electron chi connectivity index (χ3n) is 5.93. The van der Waals surface area contributed by atoms with Gasteiger partial charge in [0.25, 0.3) is 11.8 Å². The number of rotatable bonds is 12. The summed E-state index contributed by atoms with van der Waals surface area (Å²) in [6.45, 7) is 0.808. The second kappa shape index (κ2) is 13.7. The van der Waals surface area contributed by atoms with Crippen LogP contribution in [0.4, 0.5) is 5.69 Å². The van der Waals surface area contributed by atoms with E-state index in [1.807, 2.05) is 91.8 Å². The largest absolute Gasteiger partial charge is 0.497 e. The lowest BCUT2D eigenvalue weighted by Gasteiger charge is -2.13. The second-order valence-electron chi connectivity index (χ2n) is 8.75. The van der Waals surface area contributed by atoms with Crippen molar-refractivity contribution in [3.63, 3.8) is 0 Å². The zero-order valence-electron chi connectivity index (χ0n) is 21.9. The van der Waals surface area contributed by atoms with Crippen molar-refractivity contribution in [3.05, 3.63) is 95.1 Å². The van der Waals surface area contributed by atoms with E-state index >= 15 is 0 Å². The van der Waals surface area contributed by atoms with Crippen molar-refractivity contribution < 1.29 is 19.1 Å². The molecule has 0 saturated carbocycles. The van der Waals surface area contributed by atoms with Gasteiger partial charge in [-0.2, -0.15) is 0 Å². The average Bonchev–Trinajstić information content (AvgIpc) is 2.92. The molecule has 7 heteroatoms. The minimum Gasteiger partial charge on any atom is -0.497 e. The number of methoxy groups -OCH3 is 2. The molecule has 0 fully saturated rings. The van der Waals surface area contributed by atoms with Gasteiger partial charge in [0.1, 0.15) is 17.1 Å². The van der Waals surface area contributed by atoms with Gasteiger partial charge in [-0.1, -0.05) is 36.4 Å². The highest BCUT2D eigenvalue weighted by Crippen LogP contribution is 2.16. The molecule has 0 aliphatic carbocycles. The van der Waals surface area contributed by atoms with Gasteiger partial charge in [0.15, 0.2) is 0 Å². The van der Waals surface area contributed by atoms with Crippen LogP contribution in [0.1, 0.15) is 16.7 Å². The maximum Gasteiger partial charge on any atom is 0.256 e. The summed E-state index contributed by atoms with van der Waals surface area (Å²) in [7, 11) is 7.17. The Labute approximate surface area is 219 Å². The first-order valence-electron chi connectivity index (χ1n) is 12.2. The summed E-state index contributed by atoms with van der Waals surface area (Å²) < 4.78 is 10.4. The molecule has 2 N–H and O–H groups in total. The van der Waals surface area contributed by atoms with Crippen molar-refractivity contribution in [1.29, 1.82) is 0 Å². The molecule has 0 unspecified atom stereocenters. The molecule has 194 valence electrons. The number of carbonyl (C=O) groups is 2. The summed E-state index contributed by atoms with van der Waals surface area (Å²) in [6.07, 6.45) is 2.91. The Morgan fingerprint density at radius 1 is 0.703 bits per heavy atom. The average molecular weight is 502 g/mol. The molecular formula is C30H35N3O4. The maximum atomic E-state index is 13.1. The highest BCUT2D eigenvalue weighted by molar-refractivity contribution is 6.21. The van der Waals surface area contributed by atoms with Gasteiger partial charge in [-0.05, 0) is 72.0 Å². The molecule has 0 aliphatic rings. The zero-order valence-corrected chi connectivity index (χ0v) is 21.9. The van der Waals surface area contributed by atoms with Gasteiger partial charge in [0.05, 0.1) is 14.2 Å². The molecule has 3 aromatic rings. The molecule has 3 rings (SSSR count). The maximum absolute atomic E-state index is 13.1. The topological polar surface area (TPSA) is 79.9 Å². The summed E-state index contributed by atoms with van der Waals surface area (Å²) in [6, 6.07) is 23.1. The van der Waals surface area contributed by atoms with Crippen LogP contribution in [0.2, 0.25) is 0 Å². The lowest BCUT2D eigenvalue weighted by molar-refractivity contribution is -0.123. The van der Waals surface area contributed by atoms with Crippen molar-refractivity contribution in [2.45, 2.75) is 12.8 Å². The van der Waals surface area contributed by atoms with Crippen LogP contribution in [0, 0.1) is 0 Å². The smallest absolute Gasteiger partial charge is 0.256 e. The molecule has 0 bridgehead atoms. The van der Waals surface area contributed by atoms with E-state index in [9.17, 15) is 9.59 Å². The standard InChI is InChI=1S/C30H35N3O4/c1-33(2)25-11-5-24(6-12-25)21-28(29(34)31-19-17-22-7-13-26(36-3)14-8-22)30(35)32-20-18-23-9-15-27(37-4)16-10-23/h5-16,21H,17-20H2,1-4H3,(H,31,34)(H,32,35). The number of amides is 2. The molecule has 0 atom stereocenters. The minimum absolute atomic E-state index is 0.0714. The van der Waals surface area contributed by atoms with Crippen molar-refractivity contribution in [1.82, 2.24) is 10.6 Å². The van der Waals surface area contributed by atoms with Gasteiger partial charge in [0, 0.05) is 32.9 Å². The molecule has 0 heterocycles. The number of nitrogens with zero attached hydrogens (tertiary/aromatic N) is 1. The summed E-state index contributed by atoms with van der Waals surface area (Å²) in [5.74, 6) is 0.744. The fourth-order valence-electron chi connectivity index (χ4n) is 3.69. The van der Waals surface area contributed by atoms with Crippen LogP contribution in [-0.2, 0) is 22.4 Å². The van der Waals surface area contributed by atoms with Crippen molar-refractivity contribution in [2.24, 2.45) is 0 Å². The predicted molar refractivity (Wildman–Crippen MR) is 148 cm³/mol. The summed E-state index contributed by atoms with van der Waals surface area (Å²) in [5.41, 5.74) is 4.01. The molecule has 7 nitrogen and oxygen atoms in total. The third kappa shape index (κ3) is 8.42. The highest BCUT2D eigenvalue weighted by Gasteiger charge is 2.18. The number of nitrogens with one attached hydrogen (secondary N) is 2. The van der Waals surface area contributed by atoms with E-state index < -0.39 is 11.8 Å². The van der Waals surface area contributed by atoms with E-state index in [4.69, 9.17) is 9.47 Å². The van der Waals surface area contributed by atoms with Gasteiger partial charge < -0.3 is 25.0 Å². The molecule has 3 aromatic carbocycles. The highest BCUT2D eigenvalue weighted by atomic mass is 16.5. The Morgan fingerprint density at radius 2 is 1.14 bits per heavy atom. The molecular weight excluding hydrogens is 466 g/mol. The van der Waals surface area contributed by atoms with E-state index in [1.54, 1.807) is 20.3 Å². The van der Waals surface area contributed by atoms with E-state index in [0.29, 0.717) is 25.9 Å². The van der Waals surface area contributed by atoms with Gasteiger partial charge in [-0.3, -0.25) is 9.59 Å². The van der Waals surface area contributed by atoms with E-state index in [0.717, 1.165) is 33.9 Å². The Hall–Kier alpha value is -4.26. The fourth-order valence-corrected chi connectivity index (χ4v) is 3.69.